The summed E-state index contributed by atoms with van der Waals surface area (Å²) in [6.07, 6.45) is 0. The summed E-state index contributed by atoms with van der Waals surface area (Å²) in [4.78, 5) is 0. The molecule has 0 heterocycles. The lowest BCUT2D eigenvalue weighted by molar-refractivity contribution is 0.411. The van der Waals surface area contributed by atoms with E-state index in [1.807, 2.05) is 18.2 Å². The minimum absolute atomic E-state index is 0.0807. The van der Waals surface area contributed by atoms with E-state index in [9.17, 15) is 0 Å². The van der Waals surface area contributed by atoms with Crippen LogP contribution < -0.4 is 10.5 Å². The van der Waals surface area contributed by atoms with Gasteiger partial charge in [0.25, 0.3) is 0 Å². The van der Waals surface area contributed by atoms with E-state index in [0.717, 1.165) is 15.8 Å². The Hall–Kier alpha value is -0.540. The Morgan fingerprint density at radius 2 is 2.00 bits per heavy atom. The zero-order valence-electron chi connectivity index (χ0n) is 8.75. The molecule has 0 aliphatic heterocycles. The molecule has 0 unspecified atom stereocenters. The molecule has 0 spiro atoms. The Labute approximate surface area is 93.6 Å². The van der Waals surface area contributed by atoms with Crippen molar-refractivity contribution < 1.29 is 4.74 Å². The summed E-state index contributed by atoms with van der Waals surface area (Å²) in [7, 11) is 1.65. The second-order valence-electron chi connectivity index (χ2n) is 3.66. The third kappa shape index (κ3) is 2.49. The van der Waals surface area contributed by atoms with Gasteiger partial charge in [-0.3, -0.25) is 0 Å². The highest BCUT2D eigenvalue weighted by molar-refractivity contribution is 9.10. The highest BCUT2D eigenvalue weighted by Gasteiger charge is 2.11. The van der Waals surface area contributed by atoms with E-state index < -0.39 is 0 Å². The number of nitrogens with two attached hydrogens (primary N) is 1. The quantitative estimate of drug-likeness (QED) is 0.904. The van der Waals surface area contributed by atoms with Crippen molar-refractivity contribution >= 4 is 15.9 Å². The average molecular weight is 258 g/mol. The number of benzene rings is 1. The minimum atomic E-state index is 0.0807. The molecular weight excluding hydrogens is 242 g/mol. The zero-order chi connectivity index (χ0) is 10.7. The molecule has 1 aromatic carbocycles. The van der Waals surface area contributed by atoms with Gasteiger partial charge in [0.1, 0.15) is 5.75 Å². The van der Waals surface area contributed by atoms with Gasteiger partial charge in [0.2, 0.25) is 0 Å². The van der Waals surface area contributed by atoms with E-state index in [1.54, 1.807) is 7.11 Å². The number of ether oxygens (including phenoxy) is 1. The van der Waals surface area contributed by atoms with Crippen LogP contribution in [0, 0.1) is 5.92 Å². The molecule has 0 radical (unpaired) electrons. The largest absolute Gasteiger partial charge is 0.496 e. The van der Waals surface area contributed by atoms with Gasteiger partial charge in [0, 0.05) is 6.04 Å². The van der Waals surface area contributed by atoms with Gasteiger partial charge in [0.15, 0.2) is 0 Å². The molecule has 3 heteroatoms. The van der Waals surface area contributed by atoms with Gasteiger partial charge in [0.05, 0.1) is 11.6 Å². The van der Waals surface area contributed by atoms with Crippen LogP contribution in [0.4, 0.5) is 0 Å². The fourth-order valence-electron chi connectivity index (χ4n) is 1.27. The van der Waals surface area contributed by atoms with Crippen molar-refractivity contribution in [1.29, 1.82) is 0 Å². The molecule has 78 valence electrons. The number of methoxy groups -OCH3 is 1. The van der Waals surface area contributed by atoms with E-state index in [0.29, 0.717) is 5.92 Å². The summed E-state index contributed by atoms with van der Waals surface area (Å²) >= 11 is 3.44. The van der Waals surface area contributed by atoms with Gasteiger partial charge in [-0.25, -0.2) is 0 Å². The first-order valence-corrected chi connectivity index (χ1v) is 5.44. The highest BCUT2D eigenvalue weighted by atomic mass is 79.9. The van der Waals surface area contributed by atoms with Crippen LogP contribution >= 0.6 is 15.9 Å². The molecule has 2 nitrogen and oxygen atoms in total. The van der Waals surface area contributed by atoms with Crippen LogP contribution in [0.1, 0.15) is 25.5 Å². The van der Waals surface area contributed by atoms with Crippen LogP contribution in [0.5, 0.6) is 5.75 Å². The molecule has 2 N–H and O–H groups in total. The van der Waals surface area contributed by atoms with Crippen molar-refractivity contribution in [3.63, 3.8) is 0 Å². The molecule has 0 amide bonds. The van der Waals surface area contributed by atoms with E-state index in [-0.39, 0.29) is 6.04 Å². The minimum Gasteiger partial charge on any atom is -0.496 e. The number of halogens is 1. The van der Waals surface area contributed by atoms with Gasteiger partial charge in [-0.05, 0) is 39.5 Å². The summed E-state index contributed by atoms with van der Waals surface area (Å²) in [5.41, 5.74) is 7.17. The maximum Gasteiger partial charge on any atom is 0.133 e. The summed E-state index contributed by atoms with van der Waals surface area (Å²) in [5, 5.41) is 0. The second-order valence-corrected chi connectivity index (χ2v) is 4.52. The predicted molar refractivity (Wildman–Crippen MR) is 62.5 cm³/mol. The molecule has 0 bridgehead atoms. The third-order valence-corrected chi connectivity index (χ3v) is 2.90. The Balaban J connectivity index is 2.96. The van der Waals surface area contributed by atoms with Crippen LogP contribution in [-0.2, 0) is 0 Å². The Morgan fingerprint density at radius 1 is 1.36 bits per heavy atom. The molecule has 0 aliphatic rings. The van der Waals surface area contributed by atoms with Crippen molar-refractivity contribution in [2.24, 2.45) is 11.7 Å². The molecule has 0 fully saturated rings. The van der Waals surface area contributed by atoms with Crippen LogP contribution in [0.3, 0.4) is 0 Å². The molecule has 1 aromatic rings. The van der Waals surface area contributed by atoms with Gasteiger partial charge >= 0.3 is 0 Å². The standard InChI is InChI=1S/C11H16BrNO/c1-7(2)11(13)8-4-5-10(14-3)9(12)6-8/h4-7,11H,13H2,1-3H3/t11-/m0/s1. The Morgan fingerprint density at radius 3 is 2.43 bits per heavy atom. The summed E-state index contributed by atoms with van der Waals surface area (Å²) < 4.78 is 6.10. The third-order valence-electron chi connectivity index (χ3n) is 2.28. The SMILES string of the molecule is COc1ccc([C@@H](N)C(C)C)cc1Br. The monoisotopic (exact) mass is 257 g/mol. The fraction of sp³-hybridized carbons (Fsp3) is 0.455. The first-order valence-electron chi connectivity index (χ1n) is 4.65. The van der Waals surface area contributed by atoms with Gasteiger partial charge in [-0.2, -0.15) is 0 Å². The van der Waals surface area contributed by atoms with Crippen molar-refractivity contribution in [1.82, 2.24) is 0 Å². The number of hydrogen-bond donors (Lipinski definition) is 1. The van der Waals surface area contributed by atoms with E-state index in [4.69, 9.17) is 10.5 Å². The zero-order valence-corrected chi connectivity index (χ0v) is 10.3. The predicted octanol–water partition coefficient (Wildman–Crippen LogP) is 3.11. The lowest BCUT2D eigenvalue weighted by atomic mass is 9.97. The fourth-order valence-corrected chi connectivity index (χ4v) is 1.83. The first kappa shape index (κ1) is 11.5. The van der Waals surface area contributed by atoms with Crippen molar-refractivity contribution in [3.05, 3.63) is 28.2 Å². The van der Waals surface area contributed by atoms with E-state index in [1.165, 1.54) is 0 Å². The normalized spacial score (nSPS) is 13.0. The van der Waals surface area contributed by atoms with Crippen molar-refractivity contribution in [3.8, 4) is 5.75 Å². The topological polar surface area (TPSA) is 35.2 Å². The van der Waals surface area contributed by atoms with Gasteiger partial charge < -0.3 is 10.5 Å². The van der Waals surface area contributed by atoms with Crippen LogP contribution in [0.15, 0.2) is 22.7 Å². The first-order chi connectivity index (χ1) is 6.56. The highest BCUT2D eigenvalue weighted by Crippen LogP contribution is 2.29. The van der Waals surface area contributed by atoms with Crippen LogP contribution in [0.2, 0.25) is 0 Å². The molecule has 0 aliphatic carbocycles. The Bertz CT molecular complexity index is 312. The van der Waals surface area contributed by atoms with Crippen LogP contribution in [-0.4, -0.2) is 7.11 Å². The lowest BCUT2D eigenvalue weighted by Gasteiger charge is -2.16. The molecule has 0 saturated carbocycles. The lowest BCUT2D eigenvalue weighted by Crippen LogP contribution is -2.16. The number of hydrogen-bond acceptors (Lipinski definition) is 2. The van der Waals surface area contributed by atoms with Crippen LogP contribution in [0.25, 0.3) is 0 Å². The molecule has 1 rings (SSSR count). The Kier molecular flexibility index (Phi) is 3.96. The van der Waals surface area contributed by atoms with E-state index in [2.05, 4.69) is 29.8 Å². The van der Waals surface area contributed by atoms with Gasteiger partial charge in [-0.1, -0.05) is 19.9 Å². The van der Waals surface area contributed by atoms with Gasteiger partial charge in [-0.15, -0.1) is 0 Å². The molecule has 0 saturated heterocycles. The average Bonchev–Trinajstić information content (AvgIpc) is 2.16. The van der Waals surface area contributed by atoms with Crippen molar-refractivity contribution in [2.75, 3.05) is 7.11 Å². The maximum atomic E-state index is 6.04. The number of rotatable bonds is 3. The van der Waals surface area contributed by atoms with E-state index >= 15 is 0 Å². The molecule has 1 atom stereocenters. The maximum absolute atomic E-state index is 6.04. The summed E-state index contributed by atoms with van der Waals surface area (Å²) in [6, 6.07) is 6.04. The van der Waals surface area contributed by atoms with Crippen molar-refractivity contribution in [2.45, 2.75) is 19.9 Å². The molecule has 14 heavy (non-hydrogen) atoms. The smallest absolute Gasteiger partial charge is 0.133 e. The summed E-state index contributed by atoms with van der Waals surface area (Å²) in [5.74, 6) is 1.28. The molecule has 0 aromatic heterocycles. The summed E-state index contributed by atoms with van der Waals surface area (Å²) in [6.45, 7) is 4.23. The molecular formula is C11H16BrNO. The second kappa shape index (κ2) is 4.80.